The molecule has 2 aromatic rings. The molecule has 1 amide bonds. The SMILES string of the molecule is O=C(c1ccc2c(c1)COC2)N1CCNCc2ccccc21. The Balaban J connectivity index is 1.70. The second-order valence-electron chi connectivity index (χ2n) is 5.74. The van der Waals surface area contributed by atoms with Crippen molar-refractivity contribution in [3.8, 4) is 0 Å². The van der Waals surface area contributed by atoms with Gasteiger partial charge in [0.25, 0.3) is 5.91 Å². The molecule has 0 aromatic heterocycles. The van der Waals surface area contributed by atoms with E-state index in [1.54, 1.807) is 0 Å². The molecule has 4 rings (SSSR count). The minimum absolute atomic E-state index is 0.0610. The number of carbonyl (C=O) groups is 1. The molecule has 0 bridgehead atoms. The molecule has 1 N–H and O–H groups in total. The molecule has 4 nitrogen and oxygen atoms in total. The summed E-state index contributed by atoms with van der Waals surface area (Å²) in [4.78, 5) is 14.9. The van der Waals surface area contributed by atoms with Crippen molar-refractivity contribution < 1.29 is 9.53 Å². The van der Waals surface area contributed by atoms with Crippen molar-refractivity contribution in [2.75, 3.05) is 18.0 Å². The zero-order valence-corrected chi connectivity index (χ0v) is 12.3. The van der Waals surface area contributed by atoms with Crippen LogP contribution in [-0.4, -0.2) is 19.0 Å². The molecule has 2 aromatic carbocycles. The fourth-order valence-corrected chi connectivity index (χ4v) is 3.13. The number of fused-ring (bicyclic) bond motifs is 2. The molecule has 2 aliphatic heterocycles. The van der Waals surface area contributed by atoms with Gasteiger partial charge in [-0.05, 0) is 34.9 Å². The molecule has 0 spiro atoms. The number of benzene rings is 2. The van der Waals surface area contributed by atoms with Gasteiger partial charge in [0, 0.05) is 30.9 Å². The maximum atomic E-state index is 13.0. The molecule has 2 aliphatic rings. The fraction of sp³-hybridized carbons (Fsp3) is 0.278. The van der Waals surface area contributed by atoms with Crippen molar-refractivity contribution in [2.24, 2.45) is 0 Å². The van der Waals surface area contributed by atoms with E-state index in [4.69, 9.17) is 4.74 Å². The zero-order chi connectivity index (χ0) is 14.9. The van der Waals surface area contributed by atoms with Crippen LogP contribution in [0.1, 0.15) is 27.0 Å². The third-order valence-corrected chi connectivity index (χ3v) is 4.32. The minimum atomic E-state index is 0.0610. The number of carbonyl (C=O) groups excluding carboxylic acids is 1. The maximum Gasteiger partial charge on any atom is 0.258 e. The summed E-state index contributed by atoms with van der Waals surface area (Å²) in [6.07, 6.45) is 0. The standard InChI is InChI=1S/C18H18N2O2/c21-18(13-5-6-15-11-22-12-16(15)9-13)20-8-7-19-10-14-3-1-2-4-17(14)20/h1-6,9,19H,7-8,10-12H2. The highest BCUT2D eigenvalue weighted by molar-refractivity contribution is 6.06. The van der Waals surface area contributed by atoms with Gasteiger partial charge in [-0.2, -0.15) is 0 Å². The predicted molar refractivity (Wildman–Crippen MR) is 84.8 cm³/mol. The average Bonchev–Trinajstić information content (AvgIpc) is 2.92. The Labute approximate surface area is 129 Å². The van der Waals surface area contributed by atoms with Crippen molar-refractivity contribution in [3.05, 3.63) is 64.7 Å². The lowest BCUT2D eigenvalue weighted by Crippen LogP contribution is -2.34. The van der Waals surface area contributed by atoms with Gasteiger partial charge in [-0.15, -0.1) is 0 Å². The van der Waals surface area contributed by atoms with E-state index >= 15 is 0 Å². The molecule has 0 radical (unpaired) electrons. The van der Waals surface area contributed by atoms with Crippen molar-refractivity contribution in [3.63, 3.8) is 0 Å². The topological polar surface area (TPSA) is 41.6 Å². The van der Waals surface area contributed by atoms with Crippen LogP contribution in [0.15, 0.2) is 42.5 Å². The number of amides is 1. The number of para-hydroxylation sites is 1. The van der Waals surface area contributed by atoms with Crippen LogP contribution < -0.4 is 10.2 Å². The number of rotatable bonds is 1. The number of ether oxygens (including phenoxy) is 1. The predicted octanol–water partition coefficient (Wildman–Crippen LogP) is 2.47. The molecule has 0 unspecified atom stereocenters. The second kappa shape index (κ2) is 5.55. The summed E-state index contributed by atoms with van der Waals surface area (Å²) in [5, 5.41) is 3.37. The summed E-state index contributed by atoms with van der Waals surface area (Å²) in [5.74, 6) is 0.0610. The summed E-state index contributed by atoms with van der Waals surface area (Å²) < 4.78 is 5.44. The Morgan fingerprint density at radius 2 is 1.91 bits per heavy atom. The van der Waals surface area contributed by atoms with Crippen LogP contribution in [0.2, 0.25) is 0 Å². The first-order chi connectivity index (χ1) is 10.8. The van der Waals surface area contributed by atoms with E-state index in [0.29, 0.717) is 19.8 Å². The lowest BCUT2D eigenvalue weighted by Gasteiger charge is -2.22. The molecule has 4 heteroatoms. The lowest BCUT2D eigenvalue weighted by molar-refractivity contribution is 0.0987. The van der Waals surface area contributed by atoms with E-state index in [1.165, 1.54) is 5.56 Å². The van der Waals surface area contributed by atoms with Gasteiger partial charge in [0.15, 0.2) is 0 Å². The summed E-state index contributed by atoms with van der Waals surface area (Å²) in [7, 11) is 0. The lowest BCUT2D eigenvalue weighted by atomic mass is 10.0. The Morgan fingerprint density at radius 3 is 2.86 bits per heavy atom. The molecule has 0 atom stereocenters. The number of hydrogen-bond donors (Lipinski definition) is 1. The van der Waals surface area contributed by atoms with Gasteiger partial charge in [-0.25, -0.2) is 0 Å². The van der Waals surface area contributed by atoms with Gasteiger partial charge in [0.05, 0.1) is 13.2 Å². The van der Waals surface area contributed by atoms with Gasteiger partial charge in [-0.1, -0.05) is 24.3 Å². The van der Waals surface area contributed by atoms with Crippen LogP contribution in [0.25, 0.3) is 0 Å². The van der Waals surface area contributed by atoms with Gasteiger partial charge in [0.1, 0.15) is 0 Å². The molecule has 0 saturated carbocycles. The Hall–Kier alpha value is -2.17. The van der Waals surface area contributed by atoms with E-state index in [1.807, 2.05) is 41.3 Å². The van der Waals surface area contributed by atoms with Gasteiger partial charge in [0.2, 0.25) is 0 Å². The quantitative estimate of drug-likeness (QED) is 0.878. The van der Waals surface area contributed by atoms with E-state index in [0.717, 1.165) is 35.5 Å². The van der Waals surface area contributed by atoms with E-state index in [2.05, 4.69) is 11.4 Å². The molecule has 112 valence electrons. The van der Waals surface area contributed by atoms with Gasteiger partial charge in [-0.3, -0.25) is 4.79 Å². The molecular formula is C18H18N2O2. The summed E-state index contributed by atoms with van der Waals surface area (Å²) in [6, 6.07) is 14.0. The second-order valence-corrected chi connectivity index (χ2v) is 5.74. The van der Waals surface area contributed by atoms with Crippen LogP contribution in [0, 0.1) is 0 Å². The summed E-state index contributed by atoms with van der Waals surface area (Å²) >= 11 is 0. The highest BCUT2D eigenvalue weighted by Crippen LogP contribution is 2.26. The molecule has 2 heterocycles. The molecule has 0 fully saturated rings. The van der Waals surface area contributed by atoms with Crippen molar-refractivity contribution in [1.82, 2.24) is 5.32 Å². The van der Waals surface area contributed by atoms with Crippen molar-refractivity contribution in [2.45, 2.75) is 19.8 Å². The molecular weight excluding hydrogens is 276 g/mol. The van der Waals surface area contributed by atoms with Crippen LogP contribution in [0.5, 0.6) is 0 Å². The number of anilines is 1. The average molecular weight is 294 g/mol. The van der Waals surface area contributed by atoms with E-state index in [-0.39, 0.29) is 5.91 Å². The largest absolute Gasteiger partial charge is 0.372 e. The number of nitrogens with zero attached hydrogens (tertiary/aromatic N) is 1. The molecule has 0 aliphatic carbocycles. The van der Waals surface area contributed by atoms with E-state index < -0.39 is 0 Å². The third kappa shape index (κ3) is 2.30. The van der Waals surface area contributed by atoms with Crippen LogP contribution in [0.3, 0.4) is 0 Å². The van der Waals surface area contributed by atoms with Crippen LogP contribution in [-0.2, 0) is 24.5 Å². The first-order valence-corrected chi connectivity index (χ1v) is 7.63. The first-order valence-electron chi connectivity index (χ1n) is 7.63. The molecule has 0 saturated heterocycles. The monoisotopic (exact) mass is 294 g/mol. The van der Waals surface area contributed by atoms with Crippen molar-refractivity contribution >= 4 is 11.6 Å². The smallest absolute Gasteiger partial charge is 0.258 e. The summed E-state index contributed by atoms with van der Waals surface area (Å²) in [5.41, 5.74) is 5.23. The number of nitrogens with one attached hydrogen (secondary N) is 1. The van der Waals surface area contributed by atoms with E-state index in [9.17, 15) is 4.79 Å². The van der Waals surface area contributed by atoms with Gasteiger partial charge >= 0.3 is 0 Å². The van der Waals surface area contributed by atoms with Crippen LogP contribution >= 0.6 is 0 Å². The summed E-state index contributed by atoms with van der Waals surface area (Å²) in [6.45, 7) is 3.55. The zero-order valence-electron chi connectivity index (χ0n) is 12.3. The number of hydrogen-bond acceptors (Lipinski definition) is 3. The maximum absolute atomic E-state index is 13.0. The fourth-order valence-electron chi connectivity index (χ4n) is 3.13. The normalized spacial score (nSPS) is 16.8. The Morgan fingerprint density at radius 1 is 1.05 bits per heavy atom. The van der Waals surface area contributed by atoms with Gasteiger partial charge < -0.3 is 15.0 Å². The highest BCUT2D eigenvalue weighted by Gasteiger charge is 2.23. The highest BCUT2D eigenvalue weighted by atomic mass is 16.5. The Bertz CT molecular complexity index is 727. The van der Waals surface area contributed by atoms with Crippen molar-refractivity contribution in [1.29, 1.82) is 0 Å². The minimum Gasteiger partial charge on any atom is -0.372 e. The third-order valence-electron chi connectivity index (χ3n) is 4.32. The van der Waals surface area contributed by atoms with Crippen LogP contribution in [0.4, 0.5) is 5.69 Å². The first kappa shape index (κ1) is 13.5. The molecule has 22 heavy (non-hydrogen) atoms. The Kier molecular flexibility index (Phi) is 3.41.